The van der Waals surface area contributed by atoms with E-state index in [-0.39, 0.29) is 18.4 Å². The minimum atomic E-state index is -0.537. The number of benzene rings is 3. The van der Waals surface area contributed by atoms with E-state index in [2.05, 4.69) is 10.6 Å². The van der Waals surface area contributed by atoms with Gasteiger partial charge in [0.05, 0.1) is 6.54 Å². The van der Waals surface area contributed by atoms with Crippen LogP contribution in [-0.4, -0.2) is 31.3 Å². The third-order valence-corrected chi connectivity index (χ3v) is 4.44. The molecule has 3 aromatic rings. The first kappa shape index (κ1) is 20.6. The van der Waals surface area contributed by atoms with Gasteiger partial charge in [0.25, 0.3) is 5.91 Å². The Morgan fingerprint density at radius 2 is 1.47 bits per heavy atom. The summed E-state index contributed by atoms with van der Waals surface area (Å²) in [5.74, 6) is -1.01. The molecule has 0 aliphatic rings. The van der Waals surface area contributed by atoms with Crippen molar-refractivity contribution in [2.45, 2.75) is 0 Å². The maximum atomic E-state index is 12.7. The largest absolute Gasteiger partial charge is 0.376 e. The van der Waals surface area contributed by atoms with Crippen LogP contribution in [0.5, 0.6) is 0 Å². The van der Waals surface area contributed by atoms with Crippen LogP contribution in [0.3, 0.4) is 0 Å². The molecule has 0 bridgehead atoms. The molecule has 3 rings (SSSR count). The molecule has 3 amide bonds. The SMILES string of the molecule is CN(C(=O)c1cccc(NC(=O)CNc2cccc(C(N)=O)c2)c1)c1ccccc1. The van der Waals surface area contributed by atoms with Gasteiger partial charge in [0.2, 0.25) is 11.8 Å². The van der Waals surface area contributed by atoms with E-state index in [1.165, 1.54) is 0 Å². The van der Waals surface area contributed by atoms with Gasteiger partial charge in [-0.25, -0.2) is 0 Å². The lowest BCUT2D eigenvalue weighted by Crippen LogP contribution is -2.26. The van der Waals surface area contributed by atoms with Gasteiger partial charge in [-0.1, -0.05) is 30.3 Å². The average Bonchev–Trinajstić information content (AvgIpc) is 2.77. The number of carbonyl (C=O) groups is 3. The summed E-state index contributed by atoms with van der Waals surface area (Å²) in [6, 6.07) is 22.7. The lowest BCUT2D eigenvalue weighted by atomic mass is 10.1. The van der Waals surface area contributed by atoms with Crippen molar-refractivity contribution in [3.63, 3.8) is 0 Å². The maximum Gasteiger partial charge on any atom is 0.258 e. The Morgan fingerprint density at radius 1 is 0.833 bits per heavy atom. The number of amides is 3. The molecular weight excluding hydrogens is 380 g/mol. The summed E-state index contributed by atoms with van der Waals surface area (Å²) in [5, 5.41) is 5.70. The monoisotopic (exact) mass is 402 g/mol. The van der Waals surface area contributed by atoms with Crippen LogP contribution in [-0.2, 0) is 4.79 Å². The average molecular weight is 402 g/mol. The van der Waals surface area contributed by atoms with E-state index in [4.69, 9.17) is 5.73 Å². The molecule has 4 N–H and O–H groups in total. The van der Waals surface area contributed by atoms with Crippen LogP contribution < -0.4 is 21.3 Å². The van der Waals surface area contributed by atoms with Gasteiger partial charge < -0.3 is 21.3 Å². The van der Waals surface area contributed by atoms with E-state index >= 15 is 0 Å². The molecule has 0 radical (unpaired) electrons. The van der Waals surface area contributed by atoms with Crippen molar-refractivity contribution in [1.29, 1.82) is 0 Å². The molecule has 0 spiro atoms. The molecule has 0 aliphatic heterocycles. The number of nitrogens with one attached hydrogen (secondary N) is 2. The van der Waals surface area contributed by atoms with Crippen molar-refractivity contribution in [3.05, 3.63) is 90.0 Å². The highest BCUT2D eigenvalue weighted by atomic mass is 16.2. The van der Waals surface area contributed by atoms with Crippen LogP contribution in [0.25, 0.3) is 0 Å². The van der Waals surface area contributed by atoms with Gasteiger partial charge in [0, 0.05) is 35.2 Å². The lowest BCUT2D eigenvalue weighted by molar-refractivity contribution is -0.114. The number of carbonyl (C=O) groups excluding carboxylic acids is 3. The summed E-state index contributed by atoms with van der Waals surface area (Å²) in [6.07, 6.45) is 0. The van der Waals surface area contributed by atoms with E-state index < -0.39 is 5.91 Å². The van der Waals surface area contributed by atoms with Crippen molar-refractivity contribution >= 4 is 34.8 Å². The van der Waals surface area contributed by atoms with Gasteiger partial charge in [0.1, 0.15) is 0 Å². The van der Waals surface area contributed by atoms with E-state index in [1.54, 1.807) is 60.5 Å². The summed E-state index contributed by atoms with van der Waals surface area (Å²) in [4.78, 5) is 37.8. The number of hydrogen-bond donors (Lipinski definition) is 3. The third kappa shape index (κ3) is 5.23. The Kier molecular flexibility index (Phi) is 6.44. The molecule has 0 heterocycles. The fourth-order valence-corrected chi connectivity index (χ4v) is 2.86. The zero-order chi connectivity index (χ0) is 21.5. The van der Waals surface area contributed by atoms with Crippen LogP contribution in [0.2, 0.25) is 0 Å². The predicted molar refractivity (Wildman–Crippen MR) is 118 cm³/mol. The zero-order valence-corrected chi connectivity index (χ0v) is 16.5. The molecule has 0 atom stereocenters. The number of nitrogens with zero attached hydrogens (tertiary/aromatic N) is 1. The van der Waals surface area contributed by atoms with Crippen LogP contribution in [0.4, 0.5) is 17.1 Å². The van der Waals surface area contributed by atoms with Gasteiger partial charge >= 0.3 is 0 Å². The van der Waals surface area contributed by atoms with E-state index in [0.717, 1.165) is 5.69 Å². The van der Waals surface area contributed by atoms with E-state index in [0.29, 0.717) is 22.5 Å². The van der Waals surface area contributed by atoms with Crippen molar-refractivity contribution in [3.8, 4) is 0 Å². The Labute approximate surface area is 174 Å². The van der Waals surface area contributed by atoms with Crippen LogP contribution in [0.1, 0.15) is 20.7 Å². The molecule has 0 aliphatic carbocycles. The number of primary amides is 1. The molecule has 7 heteroatoms. The quantitative estimate of drug-likeness (QED) is 0.565. The first-order chi connectivity index (χ1) is 14.4. The standard InChI is InChI=1S/C23H22N4O3/c1-27(20-11-3-2-4-12-20)23(30)17-8-6-10-19(14-17)26-21(28)15-25-18-9-5-7-16(13-18)22(24)29/h2-14,25H,15H2,1H3,(H2,24,29)(H,26,28). The Bertz CT molecular complexity index is 1070. The molecule has 3 aromatic carbocycles. The zero-order valence-electron chi connectivity index (χ0n) is 16.5. The fourth-order valence-electron chi connectivity index (χ4n) is 2.86. The van der Waals surface area contributed by atoms with Crippen molar-refractivity contribution < 1.29 is 14.4 Å². The minimum absolute atomic E-state index is 0.00962. The third-order valence-electron chi connectivity index (χ3n) is 4.44. The summed E-state index contributed by atoms with van der Waals surface area (Å²) in [5.41, 5.74) is 7.97. The lowest BCUT2D eigenvalue weighted by Gasteiger charge is -2.17. The fraction of sp³-hybridized carbons (Fsp3) is 0.0870. The molecule has 7 nitrogen and oxygen atoms in total. The normalized spacial score (nSPS) is 10.2. The minimum Gasteiger partial charge on any atom is -0.376 e. The molecule has 0 saturated carbocycles. The highest BCUT2D eigenvalue weighted by molar-refractivity contribution is 6.06. The van der Waals surface area contributed by atoms with Gasteiger partial charge in [-0.05, 0) is 48.5 Å². The van der Waals surface area contributed by atoms with Crippen LogP contribution >= 0.6 is 0 Å². The second-order valence-electron chi connectivity index (χ2n) is 6.63. The second-order valence-corrected chi connectivity index (χ2v) is 6.63. The smallest absolute Gasteiger partial charge is 0.258 e. The molecule has 0 unspecified atom stereocenters. The molecule has 0 saturated heterocycles. The van der Waals surface area contributed by atoms with Crippen LogP contribution in [0, 0.1) is 0 Å². The van der Waals surface area contributed by atoms with Crippen molar-refractivity contribution in [2.24, 2.45) is 5.73 Å². The molecular formula is C23H22N4O3. The van der Waals surface area contributed by atoms with Gasteiger partial charge in [-0.3, -0.25) is 14.4 Å². The van der Waals surface area contributed by atoms with Gasteiger partial charge in [0.15, 0.2) is 0 Å². The number of hydrogen-bond acceptors (Lipinski definition) is 4. The van der Waals surface area contributed by atoms with Crippen molar-refractivity contribution in [1.82, 2.24) is 0 Å². The van der Waals surface area contributed by atoms with Crippen molar-refractivity contribution in [2.75, 3.05) is 29.1 Å². The predicted octanol–water partition coefficient (Wildman–Crippen LogP) is 3.11. The van der Waals surface area contributed by atoms with Gasteiger partial charge in [-0.2, -0.15) is 0 Å². The number of para-hydroxylation sites is 1. The summed E-state index contributed by atoms with van der Waals surface area (Å²) >= 11 is 0. The second kappa shape index (κ2) is 9.38. The Morgan fingerprint density at radius 3 is 2.17 bits per heavy atom. The molecule has 152 valence electrons. The maximum absolute atomic E-state index is 12.7. The summed E-state index contributed by atoms with van der Waals surface area (Å²) < 4.78 is 0. The highest BCUT2D eigenvalue weighted by Gasteiger charge is 2.14. The Hall–Kier alpha value is -4.13. The Balaban J connectivity index is 1.62. The highest BCUT2D eigenvalue weighted by Crippen LogP contribution is 2.17. The van der Waals surface area contributed by atoms with Gasteiger partial charge in [-0.15, -0.1) is 0 Å². The molecule has 0 fully saturated rings. The first-order valence-electron chi connectivity index (χ1n) is 9.31. The first-order valence-corrected chi connectivity index (χ1v) is 9.31. The van der Waals surface area contributed by atoms with Crippen LogP contribution in [0.15, 0.2) is 78.9 Å². The molecule has 0 aromatic heterocycles. The summed E-state index contributed by atoms with van der Waals surface area (Å²) in [6.45, 7) is -0.00962. The number of nitrogens with two attached hydrogens (primary N) is 1. The van der Waals surface area contributed by atoms with E-state index in [1.807, 2.05) is 30.3 Å². The number of anilines is 3. The van der Waals surface area contributed by atoms with E-state index in [9.17, 15) is 14.4 Å². The summed E-state index contributed by atoms with van der Waals surface area (Å²) in [7, 11) is 1.70. The number of rotatable bonds is 7. The molecule has 30 heavy (non-hydrogen) atoms. The topological polar surface area (TPSA) is 105 Å².